The summed E-state index contributed by atoms with van der Waals surface area (Å²) in [5.41, 5.74) is 2.16. The molecule has 0 saturated carbocycles. The van der Waals surface area contributed by atoms with Gasteiger partial charge in [-0.3, -0.25) is 9.59 Å². The molecule has 2 aromatic carbocycles. The summed E-state index contributed by atoms with van der Waals surface area (Å²) in [6.07, 6.45) is 1.96. The van der Waals surface area contributed by atoms with Gasteiger partial charge in [0.15, 0.2) is 0 Å². The molecule has 4 rings (SSSR count). The van der Waals surface area contributed by atoms with Crippen LogP contribution in [0.2, 0.25) is 10.0 Å². The number of thiazole rings is 1. The third kappa shape index (κ3) is 3.71. The molecule has 0 saturated heterocycles. The first-order valence-corrected chi connectivity index (χ1v) is 9.93. The molecular formula is C20H13Cl2N3O2S. The van der Waals surface area contributed by atoms with Gasteiger partial charge in [-0.05, 0) is 36.3 Å². The molecular weight excluding hydrogens is 417 g/mol. The van der Waals surface area contributed by atoms with Crippen molar-refractivity contribution in [2.45, 2.75) is 13.3 Å². The summed E-state index contributed by atoms with van der Waals surface area (Å²) in [4.78, 5) is 29.4. The summed E-state index contributed by atoms with van der Waals surface area (Å²) in [5, 5.41) is 5.20. The van der Waals surface area contributed by atoms with Crippen LogP contribution in [0.15, 0.2) is 52.1 Å². The maximum absolute atomic E-state index is 12.7. The molecule has 0 radical (unpaired) electrons. The van der Waals surface area contributed by atoms with Crippen molar-refractivity contribution < 1.29 is 0 Å². The molecule has 0 N–H and O–H groups in total. The molecule has 0 bridgehead atoms. The zero-order chi connectivity index (χ0) is 19.8. The number of aryl methyl sites for hydroxylation is 1. The third-order valence-electron chi connectivity index (χ3n) is 4.19. The van der Waals surface area contributed by atoms with Crippen LogP contribution in [0.1, 0.15) is 22.4 Å². The highest BCUT2D eigenvalue weighted by atomic mass is 35.5. The van der Waals surface area contributed by atoms with E-state index >= 15 is 0 Å². The van der Waals surface area contributed by atoms with Crippen molar-refractivity contribution >= 4 is 45.6 Å². The van der Waals surface area contributed by atoms with Crippen LogP contribution in [0.4, 0.5) is 0 Å². The Morgan fingerprint density at radius 1 is 1.11 bits per heavy atom. The van der Waals surface area contributed by atoms with Gasteiger partial charge in [-0.1, -0.05) is 70.4 Å². The average Bonchev–Trinajstić information content (AvgIpc) is 2.94. The van der Waals surface area contributed by atoms with Crippen molar-refractivity contribution in [2.24, 2.45) is 0 Å². The molecule has 5 nitrogen and oxygen atoms in total. The van der Waals surface area contributed by atoms with Crippen LogP contribution < -0.4 is 15.7 Å². The second-order valence-electron chi connectivity index (χ2n) is 6.30. The molecule has 2 aromatic heterocycles. The zero-order valence-electron chi connectivity index (χ0n) is 14.6. The summed E-state index contributed by atoms with van der Waals surface area (Å²) < 4.78 is 1.56. The number of fused-ring (bicyclic) bond motifs is 1. The van der Waals surface area contributed by atoms with E-state index in [-0.39, 0.29) is 16.2 Å². The lowest BCUT2D eigenvalue weighted by Gasteiger charge is -2.01. The highest BCUT2D eigenvalue weighted by Gasteiger charge is 2.12. The Labute approximate surface area is 173 Å². The fourth-order valence-electron chi connectivity index (χ4n) is 2.71. The first-order chi connectivity index (χ1) is 13.4. The Balaban J connectivity index is 1.81. The quantitative estimate of drug-likeness (QED) is 0.501. The Morgan fingerprint density at radius 2 is 1.86 bits per heavy atom. The zero-order valence-corrected chi connectivity index (χ0v) is 17.0. The van der Waals surface area contributed by atoms with E-state index in [2.05, 4.69) is 10.1 Å². The van der Waals surface area contributed by atoms with Crippen molar-refractivity contribution in [1.82, 2.24) is 14.6 Å². The second-order valence-corrected chi connectivity index (χ2v) is 8.15. The molecule has 28 heavy (non-hydrogen) atoms. The van der Waals surface area contributed by atoms with Gasteiger partial charge in [-0.15, -0.1) is 0 Å². The van der Waals surface area contributed by atoms with Crippen LogP contribution in [0.5, 0.6) is 0 Å². The van der Waals surface area contributed by atoms with E-state index in [1.54, 1.807) is 24.3 Å². The van der Waals surface area contributed by atoms with Gasteiger partial charge in [0.2, 0.25) is 4.96 Å². The first kappa shape index (κ1) is 18.8. The molecule has 2 heterocycles. The maximum atomic E-state index is 12.7. The molecule has 4 aromatic rings. The van der Waals surface area contributed by atoms with Gasteiger partial charge in [-0.2, -0.15) is 14.6 Å². The van der Waals surface area contributed by atoms with E-state index in [1.807, 2.05) is 31.2 Å². The molecule has 0 amide bonds. The summed E-state index contributed by atoms with van der Waals surface area (Å²) in [6.45, 7) is 1.99. The highest BCUT2D eigenvalue weighted by Crippen LogP contribution is 2.21. The molecule has 0 aliphatic heterocycles. The Morgan fingerprint density at radius 3 is 2.57 bits per heavy atom. The molecule has 0 atom stereocenters. The number of hydrogen-bond donors (Lipinski definition) is 0. The van der Waals surface area contributed by atoms with Crippen molar-refractivity contribution in [3.63, 3.8) is 0 Å². The van der Waals surface area contributed by atoms with Crippen LogP contribution in [0.25, 0.3) is 11.0 Å². The van der Waals surface area contributed by atoms with Gasteiger partial charge in [0.1, 0.15) is 5.69 Å². The maximum Gasteiger partial charge on any atom is 0.296 e. The van der Waals surface area contributed by atoms with Crippen molar-refractivity contribution in [1.29, 1.82) is 0 Å². The topological polar surface area (TPSA) is 64.3 Å². The lowest BCUT2D eigenvalue weighted by Crippen LogP contribution is -2.28. The van der Waals surface area contributed by atoms with E-state index < -0.39 is 5.56 Å². The Bertz CT molecular complexity index is 1360. The SMILES string of the molecule is Cc1ccc(Cc2nn3c(=O)/c(=C\c4ccc(Cl)cc4Cl)sc3nc2=O)cc1. The standard InChI is InChI=1S/C20H13Cl2N3O2S/c1-11-2-4-12(5-3-11)8-16-18(26)23-20-25(24-16)19(27)17(28-20)9-13-6-7-14(21)10-15(13)22/h2-7,9-10H,8H2,1H3/b17-9+. The molecule has 8 heteroatoms. The number of nitrogens with zero attached hydrogens (tertiary/aromatic N) is 3. The predicted molar refractivity (Wildman–Crippen MR) is 113 cm³/mol. The Hall–Kier alpha value is -2.54. The molecule has 140 valence electrons. The molecule has 0 fully saturated rings. The van der Waals surface area contributed by atoms with Crippen molar-refractivity contribution in [3.05, 3.63) is 100 Å². The van der Waals surface area contributed by atoms with Gasteiger partial charge < -0.3 is 0 Å². The summed E-state index contributed by atoms with van der Waals surface area (Å²) in [6, 6.07) is 12.8. The number of benzene rings is 2. The first-order valence-electron chi connectivity index (χ1n) is 8.36. The van der Waals surface area contributed by atoms with E-state index in [4.69, 9.17) is 23.2 Å². The minimum atomic E-state index is -0.432. The van der Waals surface area contributed by atoms with Gasteiger partial charge in [0, 0.05) is 16.5 Å². The van der Waals surface area contributed by atoms with Crippen LogP contribution in [0, 0.1) is 6.92 Å². The van der Waals surface area contributed by atoms with Crippen LogP contribution in [0.3, 0.4) is 0 Å². The molecule has 0 aliphatic rings. The van der Waals surface area contributed by atoms with Crippen LogP contribution in [-0.2, 0) is 6.42 Å². The fraction of sp³-hybridized carbons (Fsp3) is 0.100. The summed E-state index contributed by atoms with van der Waals surface area (Å²) in [7, 11) is 0. The minimum Gasteiger partial charge on any atom is -0.266 e. The summed E-state index contributed by atoms with van der Waals surface area (Å²) >= 11 is 13.2. The van der Waals surface area contributed by atoms with Crippen molar-refractivity contribution in [2.75, 3.05) is 0 Å². The largest absolute Gasteiger partial charge is 0.296 e. The number of hydrogen-bond acceptors (Lipinski definition) is 5. The van der Waals surface area contributed by atoms with Gasteiger partial charge in [-0.25, -0.2) is 0 Å². The number of rotatable bonds is 3. The lowest BCUT2D eigenvalue weighted by atomic mass is 10.1. The smallest absolute Gasteiger partial charge is 0.266 e. The predicted octanol–water partition coefficient (Wildman–Crippen LogP) is 3.26. The molecule has 0 spiro atoms. The highest BCUT2D eigenvalue weighted by molar-refractivity contribution is 7.15. The van der Waals surface area contributed by atoms with E-state index in [0.717, 1.165) is 22.5 Å². The molecule has 0 unspecified atom stereocenters. The van der Waals surface area contributed by atoms with Gasteiger partial charge in [0.05, 0.1) is 4.53 Å². The van der Waals surface area contributed by atoms with E-state index in [0.29, 0.717) is 26.6 Å². The Kier molecular flexibility index (Phi) is 5.02. The van der Waals surface area contributed by atoms with Crippen LogP contribution in [-0.4, -0.2) is 14.6 Å². The van der Waals surface area contributed by atoms with Crippen LogP contribution >= 0.6 is 34.5 Å². The van der Waals surface area contributed by atoms with E-state index in [9.17, 15) is 9.59 Å². The fourth-order valence-corrected chi connectivity index (χ4v) is 4.07. The van der Waals surface area contributed by atoms with Gasteiger partial charge >= 0.3 is 0 Å². The van der Waals surface area contributed by atoms with Gasteiger partial charge in [0.25, 0.3) is 11.1 Å². The summed E-state index contributed by atoms with van der Waals surface area (Å²) in [5.74, 6) is 0. The molecule has 0 aliphatic carbocycles. The monoisotopic (exact) mass is 429 g/mol. The minimum absolute atomic E-state index is 0.229. The third-order valence-corrected chi connectivity index (χ3v) is 5.71. The lowest BCUT2D eigenvalue weighted by molar-refractivity contribution is 0.811. The second kappa shape index (κ2) is 7.47. The van der Waals surface area contributed by atoms with E-state index in [1.165, 1.54) is 4.52 Å². The normalized spacial score (nSPS) is 12.0. The number of halogens is 2. The van der Waals surface area contributed by atoms with Crippen molar-refractivity contribution in [3.8, 4) is 0 Å². The average molecular weight is 430 g/mol. The number of aromatic nitrogens is 3.